The van der Waals surface area contributed by atoms with Crippen LogP contribution in [0.3, 0.4) is 0 Å². The first-order valence-corrected chi connectivity index (χ1v) is 12.7. The standard InChI is InChI=1S/C20H23N3O3S3/c1-2-26-16-5-7-17(8-6-16)29(24,25)23-11-9-22(10-12-23)14-20-21-18(15-28-20)19-4-3-13-27-19/h3-8,13,15H,2,9-12,14H2,1H3. The van der Waals surface area contributed by atoms with Crippen LogP contribution in [0.25, 0.3) is 10.6 Å². The van der Waals surface area contributed by atoms with Crippen LogP contribution in [-0.2, 0) is 16.6 Å². The van der Waals surface area contributed by atoms with E-state index in [1.807, 2.05) is 13.0 Å². The van der Waals surface area contributed by atoms with Gasteiger partial charge >= 0.3 is 0 Å². The number of piperazine rings is 1. The van der Waals surface area contributed by atoms with Crippen molar-refractivity contribution >= 4 is 32.7 Å². The molecule has 154 valence electrons. The van der Waals surface area contributed by atoms with Gasteiger partial charge < -0.3 is 4.74 Å². The summed E-state index contributed by atoms with van der Waals surface area (Å²) in [5.41, 5.74) is 1.02. The number of ether oxygens (including phenoxy) is 1. The summed E-state index contributed by atoms with van der Waals surface area (Å²) >= 11 is 3.35. The van der Waals surface area contributed by atoms with Crippen molar-refractivity contribution in [1.29, 1.82) is 0 Å². The van der Waals surface area contributed by atoms with Gasteiger partial charge in [-0.25, -0.2) is 13.4 Å². The summed E-state index contributed by atoms with van der Waals surface area (Å²) < 4.78 is 32.8. The van der Waals surface area contributed by atoms with Crippen LogP contribution in [0.4, 0.5) is 0 Å². The molecule has 0 radical (unpaired) electrons. The van der Waals surface area contributed by atoms with E-state index in [-0.39, 0.29) is 0 Å². The first kappa shape index (κ1) is 20.5. The van der Waals surface area contributed by atoms with Gasteiger partial charge in [-0.1, -0.05) is 6.07 Å². The molecule has 1 aromatic carbocycles. The Balaban J connectivity index is 1.35. The lowest BCUT2D eigenvalue weighted by molar-refractivity contribution is 0.181. The molecule has 1 saturated heterocycles. The highest BCUT2D eigenvalue weighted by molar-refractivity contribution is 7.89. The summed E-state index contributed by atoms with van der Waals surface area (Å²) in [5, 5.41) is 5.21. The van der Waals surface area contributed by atoms with Gasteiger partial charge in [0.05, 0.1) is 28.6 Å². The van der Waals surface area contributed by atoms with Gasteiger partial charge in [0, 0.05) is 31.6 Å². The Kier molecular flexibility index (Phi) is 6.31. The third kappa shape index (κ3) is 4.70. The third-order valence-electron chi connectivity index (χ3n) is 4.79. The lowest BCUT2D eigenvalue weighted by Gasteiger charge is -2.33. The number of thiophene rings is 1. The predicted molar refractivity (Wildman–Crippen MR) is 117 cm³/mol. The van der Waals surface area contributed by atoms with Crippen molar-refractivity contribution < 1.29 is 13.2 Å². The Bertz CT molecular complexity index is 1020. The molecule has 0 saturated carbocycles. The number of sulfonamides is 1. The fourth-order valence-electron chi connectivity index (χ4n) is 3.26. The fraction of sp³-hybridized carbons (Fsp3) is 0.350. The molecule has 1 aliphatic rings. The minimum atomic E-state index is -3.48. The molecule has 0 bridgehead atoms. The van der Waals surface area contributed by atoms with Crippen LogP contribution in [0, 0.1) is 0 Å². The minimum Gasteiger partial charge on any atom is -0.494 e. The minimum absolute atomic E-state index is 0.315. The number of benzene rings is 1. The Labute approximate surface area is 179 Å². The number of hydrogen-bond acceptors (Lipinski definition) is 7. The van der Waals surface area contributed by atoms with Gasteiger partial charge in [0.25, 0.3) is 0 Å². The molecule has 9 heteroatoms. The van der Waals surface area contributed by atoms with Crippen LogP contribution in [0.5, 0.6) is 5.75 Å². The molecule has 0 spiro atoms. The van der Waals surface area contributed by atoms with E-state index in [1.54, 1.807) is 51.2 Å². The van der Waals surface area contributed by atoms with E-state index in [4.69, 9.17) is 9.72 Å². The van der Waals surface area contributed by atoms with E-state index >= 15 is 0 Å². The largest absolute Gasteiger partial charge is 0.494 e. The molecule has 0 amide bonds. The van der Waals surface area contributed by atoms with Crippen molar-refractivity contribution in [3.8, 4) is 16.3 Å². The maximum atomic E-state index is 12.9. The second kappa shape index (κ2) is 8.93. The zero-order valence-electron chi connectivity index (χ0n) is 16.2. The topological polar surface area (TPSA) is 62.7 Å². The van der Waals surface area contributed by atoms with Gasteiger partial charge in [-0.05, 0) is 42.6 Å². The Morgan fingerprint density at radius 3 is 2.48 bits per heavy atom. The maximum absolute atomic E-state index is 12.9. The van der Waals surface area contributed by atoms with Crippen LogP contribution in [0.15, 0.2) is 52.1 Å². The molecule has 29 heavy (non-hydrogen) atoms. The molecule has 0 atom stereocenters. The van der Waals surface area contributed by atoms with Crippen molar-refractivity contribution in [3.63, 3.8) is 0 Å². The quantitative estimate of drug-likeness (QED) is 0.549. The monoisotopic (exact) mass is 449 g/mol. The van der Waals surface area contributed by atoms with Gasteiger partial charge in [0.15, 0.2) is 0 Å². The average molecular weight is 450 g/mol. The highest BCUT2D eigenvalue weighted by Gasteiger charge is 2.28. The molecule has 6 nitrogen and oxygen atoms in total. The van der Waals surface area contributed by atoms with Crippen molar-refractivity contribution in [2.24, 2.45) is 0 Å². The summed E-state index contributed by atoms with van der Waals surface area (Å²) in [6.45, 7) is 5.58. The zero-order chi connectivity index (χ0) is 20.3. The van der Waals surface area contributed by atoms with Crippen LogP contribution in [0.1, 0.15) is 11.9 Å². The van der Waals surface area contributed by atoms with Gasteiger partial charge in [-0.2, -0.15) is 4.31 Å². The van der Waals surface area contributed by atoms with Crippen molar-refractivity contribution in [1.82, 2.24) is 14.2 Å². The average Bonchev–Trinajstić information content (AvgIpc) is 3.41. The number of thiazole rings is 1. The van der Waals surface area contributed by atoms with Crippen LogP contribution in [-0.4, -0.2) is 55.4 Å². The van der Waals surface area contributed by atoms with E-state index in [0.29, 0.717) is 43.4 Å². The summed E-state index contributed by atoms with van der Waals surface area (Å²) in [6, 6.07) is 10.8. The summed E-state index contributed by atoms with van der Waals surface area (Å²) in [6.07, 6.45) is 0. The first-order valence-electron chi connectivity index (χ1n) is 9.50. The number of rotatable bonds is 7. The van der Waals surface area contributed by atoms with Crippen molar-refractivity contribution in [2.75, 3.05) is 32.8 Å². The normalized spacial score (nSPS) is 16.2. The molecule has 3 heterocycles. The molecular formula is C20H23N3O3S3. The molecule has 3 aromatic rings. The molecule has 0 unspecified atom stereocenters. The van der Waals surface area contributed by atoms with E-state index in [2.05, 4.69) is 21.7 Å². The van der Waals surface area contributed by atoms with Crippen molar-refractivity contribution in [3.05, 3.63) is 52.2 Å². The molecule has 1 fully saturated rings. The molecule has 0 aliphatic carbocycles. The summed E-state index contributed by atoms with van der Waals surface area (Å²) in [4.78, 5) is 8.49. The summed E-state index contributed by atoms with van der Waals surface area (Å²) in [7, 11) is -3.48. The van der Waals surface area contributed by atoms with Gasteiger partial charge in [0.1, 0.15) is 10.8 Å². The lowest BCUT2D eigenvalue weighted by atomic mass is 10.3. The second-order valence-electron chi connectivity index (χ2n) is 6.69. The predicted octanol–water partition coefficient (Wildman–Crippen LogP) is 3.78. The zero-order valence-corrected chi connectivity index (χ0v) is 18.6. The van der Waals surface area contributed by atoms with Crippen molar-refractivity contribution in [2.45, 2.75) is 18.4 Å². The highest BCUT2D eigenvalue weighted by atomic mass is 32.2. The smallest absolute Gasteiger partial charge is 0.243 e. The highest BCUT2D eigenvalue weighted by Crippen LogP contribution is 2.27. The first-order chi connectivity index (χ1) is 14.1. The van der Waals surface area contributed by atoms with E-state index in [1.165, 1.54) is 4.88 Å². The lowest BCUT2D eigenvalue weighted by Crippen LogP contribution is -2.48. The Hall–Kier alpha value is -1.78. The SMILES string of the molecule is CCOc1ccc(S(=O)(=O)N2CCN(Cc3nc(-c4cccs4)cs3)CC2)cc1. The number of nitrogens with zero attached hydrogens (tertiary/aromatic N) is 3. The van der Waals surface area contributed by atoms with E-state index < -0.39 is 10.0 Å². The Morgan fingerprint density at radius 1 is 1.07 bits per heavy atom. The number of hydrogen-bond donors (Lipinski definition) is 0. The summed E-state index contributed by atoms with van der Waals surface area (Å²) in [5.74, 6) is 0.682. The fourth-order valence-corrected chi connectivity index (χ4v) is 6.28. The molecule has 4 rings (SSSR count). The maximum Gasteiger partial charge on any atom is 0.243 e. The molecule has 1 aliphatic heterocycles. The van der Waals surface area contributed by atoms with Gasteiger partial charge in [0.2, 0.25) is 10.0 Å². The van der Waals surface area contributed by atoms with E-state index in [9.17, 15) is 8.42 Å². The van der Waals surface area contributed by atoms with Crippen LogP contribution in [0.2, 0.25) is 0 Å². The second-order valence-corrected chi connectivity index (χ2v) is 10.5. The van der Waals surface area contributed by atoms with Crippen LogP contribution >= 0.6 is 22.7 Å². The Morgan fingerprint density at radius 2 is 1.83 bits per heavy atom. The third-order valence-corrected chi connectivity index (χ3v) is 8.43. The van der Waals surface area contributed by atoms with Crippen LogP contribution < -0.4 is 4.74 Å². The molecular weight excluding hydrogens is 426 g/mol. The van der Waals surface area contributed by atoms with Gasteiger partial charge in [-0.3, -0.25) is 4.90 Å². The number of aromatic nitrogens is 1. The molecule has 2 aromatic heterocycles. The molecule has 0 N–H and O–H groups in total. The van der Waals surface area contributed by atoms with E-state index in [0.717, 1.165) is 17.2 Å². The van der Waals surface area contributed by atoms with Gasteiger partial charge in [-0.15, -0.1) is 22.7 Å².